The van der Waals surface area contributed by atoms with Crippen molar-refractivity contribution in [2.24, 2.45) is 17.8 Å². The molecule has 0 aliphatic heterocycles. The quantitative estimate of drug-likeness (QED) is 0.274. The average Bonchev–Trinajstić information content (AvgIpc) is 3.89. The van der Waals surface area contributed by atoms with E-state index in [1.165, 1.54) is 16.9 Å². The summed E-state index contributed by atoms with van der Waals surface area (Å²) in [5, 5.41) is 11.2. The lowest BCUT2D eigenvalue weighted by Crippen LogP contribution is -2.55. The fraction of sp³-hybridized carbons (Fsp3) is 0.600. The number of carbonyl (C=O) groups is 3. The molecule has 14 heteroatoms. The highest BCUT2D eigenvalue weighted by molar-refractivity contribution is 6.01. The molecule has 240 valence electrons. The van der Waals surface area contributed by atoms with Crippen LogP contribution in [0.25, 0.3) is 0 Å². The third-order valence-electron chi connectivity index (χ3n) is 8.83. The van der Waals surface area contributed by atoms with E-state index in [0.29, 0.717) is 12.1 Å². The third kappa shape index (κ3) is 6.58. The van der Waals surface area contributed by atoms with Gasteiger partial charge in [0.1, 0.15) is 17.6 Å². The van der Waals surface area contributed by atoms with E-state index >= 15 is 4.39 Å². The van der Waals surface area contributed by atoms with Gasteiger partial charge in [-0.15, -0.1) is 0 Å². The Hall–Kier alpha value is -3.58. The predicted molar refractivity (Wildman–Crippen MR) is 147 cm³/mol. The number of benzene rings is 1. The minimum Gasteiger partial charge on any atom is -0.347 e. The summed E-state index contributed by atoms with van der Waals surface area (Å²) in [4.78, 5) is 39.6. The van der Waals surface area contributed by atoms with Crippen molar-refractivity contribution in [2.45, 2.75) is 95.4 Å². The molecular formula is C30H35F6N5O3. The number of anilines is 1. The Morgan fingerprint density at radius 2 is 1.64 bits per heavy atom. The van der Waals surface area contributed by atoms with Crippen LogP contribution in [0.5, 0.6) is 0 Å². The first kappa shape index (κ1) is 31.8. The zero-order chi connectivity index (χ0) is 32.1. The second kappa shape index (κ2) is 11.7. The van der Waals surface area contributed by atoms with Gasteiger partial charge in [0.2, 0.25) is 11.8 Å². The van der Waals surface area contributed by atoms with Crippen LogP contribution in [-0.4, -0.2) is 45.5 Å². The van der Waals surface area contributed by atoms with Gasteiger partial charge >= 0.3 is 6.18 Å². The lowest BCUT2D eigenvalue weighted by Gasteiger charge is -2.37. The molecule has 3 N–H and O–H groups in total. The van der Waals surface area contributed by atoms with Crippen molar-refractivity contribution in [3.8, 4) is 0 Å². The molecule has 0 radical (unpaired) electrons. The van der Waals surface area contributed by atoms with Gasteiger partial charge in [-0.3, -0.25) is 19.1 Å². The van der Waals surface area contributed by atoms with Crippen molar-refractivity contribution in [3.05, 3.63) is 47.0 Å². The van der Waals surface area contributed by atoms with Crippen LogP contribution in [0.4, 0.5) is 32.0 Å². The normalized spacial score (nSPS) is 21.0. The van der Waals surface area contributed by atoms with Gasteiger partial charge in [-0.05, 0) is 94.4 Å². The number of hydrogen-bond donors (Lipinski definition) is 3. The molecule has 0 spiro atoms. The summed E-state index contributed by atoms with van der Waals surface area (Å²) in [5.41, 5.74) is -2.72. The number of aromatic nitrogens is 2. The molecule has 3 amide bonds. The third-order valence-corrected chi connectivity index (χ3v) is 8.83. The number of halogens is 6. The number of amides is 3. The highest BCUT2D eigenvalue weighted by atomic mass is 19.4. The van der Waals surface area contributed by atoms with Crippen molar-refractivity contribution in [1.29, 1.82) is 0 Å². The van der Waals surface area contributed by atoms with Crippen LogP contribution < -0.4 is 16.0 Å². The maximum atomic E-state index is 15.4. The zero-order valence-corrected chi connectivity index (χ0v) is 24.5. The summed E-state index contributed by atoms with van der Waals surface area (Å²) < 4.78 is 86.7. The molecule has 3 fully saturated rings. The van der Waals surface area contributed by atoms with E-state index in [-0.39, 0.29) is 35.9 Å². The van der Waals surface area contributed by atoms with E-state index in [1.54, 1.807) is 0 Å². The van der Waals surface area contributed by atoms with E-state index in [4.69, 9.17) is 0 Å². The largest absolute Gasteiger partial charge is 0.416 e. The van der Waals surface area contributed by atoms with Gasteiger partial charge in [-0.2, -0.15) is 18.3 Å². The summed E-state index contributed by atoms with van der Waals surface area (Å²) in [6, 6.07) is -0.433. The van der Waals surface area contributed by atoms with Crippen molar-refractivity contribution < 1.29 is 40.7 Å². The van der Waals surface area contributed by atoms with Crippen LogP contribution in [0, 0.1) is 23.6 Å². The minimum atomic E-state index is -5.06. The topological polar surface area (TPSA) is 105 Å². The van der Waals surface area contributed by atoms with Gasteiger partial charge in [0, 0.05) is 18.7 Å². The number of nitrogens with zero attached hydrogens (tertiary/aromatic N) is 2. The molecule has 3 aliphatic rings. The molecule has 8 nitrogen and oxygen atoms in total. The molecule has 3 atom stereocenters. The Kier molecular flexibility index (Phi) is 8.49. The summed E-state index contributed by atoms with van der Waals surface area (Å²) in [5.74, 6) is -8.60. The Morgan fingerprint density at radius 3 is 2.14 bits per heavy atom. The minimum absolute atomic E-state index is 0.0306. The van der Waals surface area contributed by atoms with Gasteiger partial charge in [-0.1, -0.05) is 0 Å². The standard InChI is InChI=1S/C30H35F6N5O3/c1-14(2)41-22(9-11-37-41)27(43)40-25(24(16-4-5-16)17-6-7-17)28(44)38-21-13-19(30(34,35)36)18(12-20(21)31)15(3)26(42)39-23-8-10-29(23,32)33/h9,11-17,23-25H,4-8,10H2,1-3H3,(H,38,44)(H,39,42)(H,40,43)/t15?,23?,25-/m0/s1. The first-order chi connectivity index (χ1) is 20.6. The lowest BCUT2D eigenvalue weighted by atomic mass is 9.86. The van der Waals surface area contributed by atoms with Gasteiger partial charge in [-0.25, -0.2) is 13.2 Å². The van der Waals surface area contributed by atoms with Gasteiger partial charge in [0.25, 0.3) is 11.8 Å². The Bertz CT molecular complexity index is 1420. The van der Waals surface area contributed by atoms with E-state index < -0.39 is 76.9 Å². The van der Waals surface area contributed by atoms with Crippen molar-refractivity contribution >= 4 is 23.4 Å². The van der Waals surface area contributed by atoms with Crippen LogP contribution in [0.3, 0.4) is 0 Å². The molecule has 44 heavy (non-hydrogen) atoms. The van der Waals surface area contributed by atoms with Crippen LogP contribution >= 0.6 is 0 Å². The maximum Gasteiger partial charge on any atom is 0.416 e. The highest BCUT2D eigenvalue weighted by Gasteiger charge is 2.50. The summed E-state index contributed by atoms with van der Waals surface area (Å²) >= 11 is 0. The zero-order valence-electron chi connectivity index (χ0n) is 24.5. The Balaban J connectivity index is 1.41. The Labute approximate surface area is 250 Å². The van der Waals surface area contributed by atoms with Crippen LogP contribution in [-0.2, 0) is 15.8 Å². The van der Waals surface area contributed by atoms with Gasteiger partial charge < -0.3 is 16.0 Å². The van der Waals surface area contributed by atoms with Gasteiger partial charge in [0.15, 0.2) is 0 Å². The maximum absolute atomic E-state index is 15.4. The average molecular weight is 628 g/mol. The molecule has 3 saturated carbocycles. The van der Waals surface area contributed by atoms with E-state index in [2.05, 4.69) is 21.0 Å². The van der Waals surface area contributed by atoms with Crippen molar-refractivity contribution in [1.82, 2.24) is 20.4 Å². The summed E-state index contributed by atoms with van der Waals surface area (Å²) in [6.07, 6.45) is -0.775. The molecular weight excluding hydrogens is 592 g/mol. The number of nitrogens with one attached hydrogen (secondary N) is 3. The highest BCUT2D eigenvalue weighted by Crippen LogP contribution is 2.51. The Morgan fingerprint density at radius 1 is 1.00 bits per heavy atom. The van der Waals surface area contributed by atoms with Gasteiger partial charge in [0.05, 0.1) is 23.2 Å². The summed E-state index contributed by atoms with van der Waals surface area (Å²) in [7, 11) is 0. The number of carbonyl (C=O) groups excluding carboxylic acids is 3. The molecule has 2 unspecified atom stereocenters. The monoisotopic (exact) mass is 627 g/mol. The first-order valence-electron chi connectivity index (χ1n) is 14.8. The SMILES string of the molecule is CC(C(=O)NC1CCC1(F)F)c1cc(F)c(NC(=O)[C@@H](NC(=O)c2ccnn2C(C)C)C(C2CC2)C2CC2)cc1C(F)(F)F. The number of rotatable bonds is 11. The van der Waals surface area contributed by atoms with Crippen molar-refractivity contribution in [3.63, 3.8) is 0 Å². The second-order valence-electron chi connectivity index (χ2n) is 12.4. The van der Waals surface area contributed by atoms with E-state index in [1.807, 2.05) is 13.8 Å². The fourth-order valence-corrected chi connectivity index (χ4v) is 5.97. The van der Waals surface area contributed by atoms with Crippen LogP contribution in [0.15, 0.2) is 24.4 Å². The first-order valence-corrected chi connectivity index (χ1v) is 14.8. The molecule has 5 rings (SSSR count). The summed E-state index contributed by atoms with van der Waals surface area (Å²) in [6.45, 7) is 4.71. The molecule has 0 bridgehead atoms. The molecule has 3 aliphatic carbocycles. The van der Waals surface area contributed by atoms with E-state index in [9.17, 15) is 36.3 Å². The molecule has 2 aromatic rings. The smallest absolute Gasteiger partial charge is 0.347 e. The number of alkyl halides is 5. The van der Waals surface area contributed by atoms with Crippen molar-refractivity contribution in [2.75, 3.05) is 5.32 Å². The molecule has 0 saturated heterocycles. The predicted octanol–water partition coefficient (Wildman–Crippen LogP) is 5.81. The number of hydrogen-bond acceptors (Lipinski definition) is 4. The van der Waals surface area contributed by atoms with E-state index in [0.717, 1.165) is 32.6 Å². The second-order valence-corrected chi connectivity index (χ2v) is 12.4. The molecule has 1 heterocycles. The fourth-order valence-electron chi connectivity index (χ4n) is 5.97. The lowest BCUT2D eigenvalue weighted by molar-refractivity contribution is -0.140. The molecule has 1 aromatic carbocycles. The van der Waals surface area contributed by atoms with Crippen LogP contribution in [0.2, 0.25) is 0 Å². The van der Waals surface area contributed by atoms with Crippen LogP contribution in [0.1, 0.15) is 92.9 Å². The molecule has 1 aromatic heterocycles.